The van der Waals surface area contributed by atoms with Gasteiger partial charge in [-0.25, -0.2) is 23.9 Å². The van der Waals surface area contributed by atoms with Gasteiger partial charge in [0, 0.05) is 35.8 Å². The zero-order valence-corrected chi connectivity index (χ0v) is 24.7. The number of pyridine rings is 1. The molecular formula is C31H31FN8O4. The second kappa shape index (κ2) is 12.1. The molecule has 2 aromatic carbocycles. The number of rotatable bonds is 9. The van der Waals surface area contributed by atoms with Crippen molar-refractivity contribution < 1.29 is 23.4 Å². The molecule has 1 aliphatic heterocycles. The Morgan fingerprint density at radius 3 is 2.61 bits per heavy atom. The lowest BCUT2D eigenvalue weighted by atomic mass is 10.1. The van der Waals surface area contributed by atoms with Gasteiger partial charge in [0.2, 0.25) is 0 Å². The SMILES string of the molecule is COc1cc2ncnc(Nc3cc(C)c(Oc4ccn5ncnc5c4)cc3OC)c2cc1NC(=O)/C(F)=C/[C@H]1CCCN1C. The van der Waals surface area contributed by atoms with Crippen LogP contribution in [0.5, 0.6) is 23.0 Å². The lowest BCUT2D eigenvalue weighted by Crippen LogP contribution is -2.24. The summed E-state index contributed by atoms with van der Waals surface area (Å²) in [6.07, 6.45) is 7.79. The molecule has 0 radical (unpaired) electrons. The minimum Gasteiger partial charge on any atom is -0.494 e. The Morgan fingerprint density at radius 1 is 1.02 bits per heavy atom. The number of halogens is 1. The number of fused-ring (bicyclic) bond motifs is 2. The van der Waals surface area contributed by atoms with Crippen LogP contribution in [-0.2, 0) is 4.79 Å². The highest BCUT2D eigenvalue weighted by atomic mass is 19.1. The van der Waals surface area contributed by atoms with E-state index >= 15 is 0 Å². The first-order valence-electron chi connectivity index (χ1n) is 14.0. The molecule has 1 saturated heterocycles. The standard InChI is InChI=1S/C31H31FN8O4/c1-18-10-24(28(43-4)15-26(18)44-20-7-9-40-29(12-20)34-17-36-40)37-30-21-13-25(27(42-3)14-23(21)33-16-35-30)38-31(41)22(32)11-19-6-5-8-39(19)2/h7,9-17,19H,5-6,8H2,1-4H3,(H,38,41)(H,33,35,37)/b22-11-/t19-/m1/s1. The summed E-state index contributed by atoms with van der Waals surface area (Å²) in [5.74, 6) is 0.774. The molecule has 0 bridgehead atoms. The summed E-state index contributed by atoms with van der Waals surface area (Å²) in [7, 11) is 4.94. The number of ether oxygens (including phenoxy) is 3. The van der Waals surface area contributed by atoms with E-state index in [9.17, 15) is 9.18 Å². The van der Waals surface area contributed by atoms with Crippen LogP contribution < -0.4 is 24.8 Å². The van der Waals surface area contributed by atoms with Crippen LogP contribution in [0.3, 0.4) is 0 Å². The predicted molar refractivity (Wildman–Crippen MR) is 164 cm³/mol. The Morgan fingerprint density at radius 2 is 1.84 bits per heavy atom. The van der Waals surface area contributed by atoms with Gasteiger partial charge in [-0.3, -0.25) is 9.69 Å². The second-order valence-electron chi connectivity index (χ2n) is 10.4. The van der Waals surface area contributed by atoms with Crippen LogP contribution in [0.25, 0.3) is 16.6 Å². The van der Waals surface area contributed by atoms with Crippen molar-refractivity contribution in [3.8, 4) is 23.0 Å². The molecular weight excluding hydrogens is 567 g/mol. The molecule has 0 unspecified atom stereocenters. The van der Waals surface area contributed by atoms with Crippen molar-refractivity contribution in [2.75, 3.05) is 38.4 Å². The van der Waals surface area contributed by atoms with Crippen LogP contribution in [0, 0.1) is 6.92 Å². The molecule has 1 fully saturated rings. The summed E-state index contributed by atoms with van der Waals surface area (Å²) in [4.78, 5) is 27.8. The summed E-state index contributed by atoms with van der Waals surface area (Å²) in [6.45, 7) is 2.78. The summed E-state index contributed by atoms with van der Waals surface area (Å²) >= 11 is 0. The number of nitrogens with one attached hydrogen (secondary N) is 2. The van der Waals surface area contributed by atoms with Gasteiger partial charge in [0.05, 0.1) is 31.1 Å². The van der Waals surface area contributed by atoms with Crippen molar-refractivity contribution in [2.45, 2.75) is 25.8 Å². The molecule has 6 rings (SSSR count). The highest BCUT2D eigenvalue weighted by Crippen LogP contribution is 2.39. The number of hydrogen-bond donors (Lipinski definition) is 2. The van der Waals surface area contributed by atoms with E-state index in [4.69, 9.17) is 14.2 Å². The highest BCUT2D eigenvalue weighted by molar-refractivity contribution is 6.05. The first kappa shape index (κ1) is 28.8. The van der Waals surface area contributed by atoms with E-state index < -0.39 is 11.7 Å². The van der Waals surface area contributed by atoms with Crippen molar-refractivity contribution in [3.05, 3.63) is 72.7 Å². The van der Waals surface area contributed by atoms with Crippen molar-refractivity contribution in [2.24, 2.45) is 0 Å². The van der Waals surface area contributed by atoms with E-state index in [1.807, 2.05) is 24.9 Å². The summed E-state index contributed by atoms with van der Waals surface area (Å²) in [6, 6.07) is 10.4. The zero-order chi connectivity index (χ0) is 30.8. The number of carbonyl (C=O) groups is 1. The molecule has 3 aromatic heterocycles. The maximum atomic E-state index is 14.9. The fraction of sp³-hybridized carbons (Fsp3) is 0.258. The number of methoxy groups -OCH3 is 2. The summed E-state index contributed by atoms with van der Waals surface area (Å²) in [5, 5.41) is 10.6. The number of likely N-dealkylation sites (N-methyl/N-ethyl adjacent to an activating group) is 1. The van der Waals surface area contributed by atoms with Gasteiger partial charge in [-0.1, -0.05) is 0 Å². The van der Waals surface area contributed by atoms with Crippen LogP contribution >= 0.6 is 0 Å². The first-order chi connectivity index (χ1) is 21.3. The average Bonchev–Trinajstić information content (AvgIpc) is 3.66. The molecule has 0 aliphatic carbocycles. The normalized spacial score (nSPS) is 15.5. The van der Waals surface area contributed by atoms with Crippen LogP contribution in [-0.4, -0.2) is 69.2 Å². The fourth-order valence-electron chi connectivity index (χ4n) is 5.18. The van der Waals surface area contributed by atoms with Gasteiger partial charge in [0.1, 0.15) is 41.5 Å². The summed E-state index contributed by atoms with van der Waals surface area (Å²) in [5.41, 5.74) is 2.95. The molecule has 226 valence electrons. The smallest absolute Gasteiger partial charge is 0.284 e. The summed E-state index contributed by atoms with van der Waals surface area (Å²) < 4.78 is 33.8. The van der Waals surface area contributed by atoms with Gasteiger partial charge >= 0.3 is 0 Å². The van der Waals surface area contributed by atoms with E-state index in [1.165, 1.54) is 25.8 Å². The molecule has 0 spiro atoms. The number of aromatic nitrogens is 5. The van der Waals surface area contributed by atoms with Crippen LogP contribution in [0.1, 0.15) is 18.4 Å². The number of benzene rings is 2. The van der Waals surface area contributed by atoms with E-state index in [-0.39, 0.29) is 11.7 Å². The molecule has 44 heavy (non-hydrogen) atoms. The average molecular weight is 599 g/mol. The predicted octanol–water partition coefficient (Wildman–Crippen LogP) is 5.42. The number of hydrogen-bond acceptors (Lipinski definition) is 10. The monoisotopic (exact) mass is 598 g/mol. The number of aryl methyl sites for hydroxylation is 1. The number of likely N-dealkylation sites (tertiary alicyclic amines) is 1. The van der Waals surface area contributed by atoms with Gasteiger partial charge in [0.25, 0.3) is 5.91 Å². The van der Waals surface area contributed by atoms with Crippen LogP contribution in [0.15, 0.2) is 67.2 Å². The quantitative estimate of drug-likeness (QED) is 0.212. The number of anilines is 3. The third kappa shape index (κ3) is 5.81. The maximum Gasteiger partial charge on any atom is 0.284 e. The number of carbonyl (C=O) groups excluding carboxylic acids is 1. The largest absolute Gasteiger partial charge is 0.494 e. The van der Waals surface area contributed by atoms with Crippen LogP contribution in [0.2, 0.25) is 0 Å². The van der Waals surface area contributed by atoms with Gasteiger partial charge < -0.3 is 24.8 Å². The molecule has 13 heteroatoms. The molecule has 1 amide bonds. The molecule has 1 aliphatic rings. The Balaban J connectivity index is 1.28. The molecule has 12 nitrogen and oxygen atoms in total. The molecule has 1 atom stereocenters. The number of nitrogens with zero attached hydrogens (tertiary/aromatic N) is 6. The lowest BCUT2D eigenvalue weighted by molar-refractivity contribution is -0.114. The minimum atomic E-state index is -0.856. The maximum absolute atomic E-state index is 14.9. The number of amides is 1. The Bertz CT molecular complexity index is 1890. The first-order valence-corrected chi connectivity index (χ1v) is 14.0. The fourth-order valence-corrected chi connectivity index (χ4v) is 5.18. The Kier molecular flexibility index (Phi) is 7.94. The molecule has 2 N–H and O–H groups in total. The Hall–Kier alpha value is -5.30. The third-order valence-electron chi connectivity index (χ3n) is 7.57. The molecule has 5 aromatic rings. The second-order valence-corrected chi connectivity index (χ2v) is 10.4. The van der Waals surface area contributed by atoms with Crippen molar-refractivity contribution in [3.63, 3.8) is 0 Å². The van der Waals surface area contributed by atoms with Crippen molar-refractivity contribution in [1.82, 2.24) is 29.5 Å². The van der Waals surface area contributed by atoms with Gasteiger partial charge in [-0.2, -0.15) is 5.10 Å². The van der Waals surface area contributed by atoms with Gasteiger partial charge in [-0.15, -0.1) is 0 Å². The highest BCUT2D eigenvalue weighted by Gasteiger charge is 2.22. The zero-order valence-electron chi connectivity index (χ0n) is 24.7. The van der Waals surface area contributed by atoms with E-state index in [1.54, 1.807) is 48.2 Å². The van der Waals surface area contributed by atoms with E-state index in [0.717, 1.165) is 24.9 Å². The van der Waals surface area contributed by atoms with Crippen LogP contribution in [0.4, 0.5) is 21.6 Å². The third-order valence-corrected chi connectivity index (χ3v) is 7.57. The van der Waals surface area contributed by atoms with Gasteiger partial charge in [-0.05, 0) is 63.2 Å². The molecule has 0 saturated carbocycles. The van der Waals surface area contributed by atoms with Crippen molar-refractivity contribution in [1.29, 1.82) is 0 Å². The van der Waals surface area contributed by atoms with E-state index in [2.05, 4.69) is 30.7 Å². The van der Waals surface area contributed by atoms with Crippen molar-refractivity contribution >= 4 is 39.6 Å². The van der Waals surface area contributed by atoms with E-state index in [0.29, 0.717) is 51.1 Å². The molecule has 4 heterocycles. The Labute approximate surface area is 252 Å². The minimum absolute atomic E-state index is 0.115. The van der Waals surface area contributed by atoms with Gasteiger partial charge in [0.15, 0.2) is 11.5 Å². The lowest BCUT2D eigenvalue weighted by Gasteiger charge is -2.17. The topological polar surface area (TPSA) is 128 Å².